The van der Waals surface area contributed by atoms with Gasteiger partial charge >= 0.3 is 0 Å². The predicted molar refractivity (Wildman–Crippen MR) is 166 cm³/mol. The zero-order valence-electron chi connectivity index (χ0n) is 24.7. The number of para-hydroxylation sites is 1. The van der Waals surface area contributed by atoms with Crippen LogP contribution in [0.4, 0.5) is 0 Å². The molecule has 2 aromatic heterocycles. The molecule has 0 atom stereocenters. The summed E-state index contributed by atoms with van der Waals surface area (Å²) in [5.74, 6) is 2.38. The third-order valence-electron chi connectivity index (χ3n) is 7.38. The van der Waals surface area contributed by atoms with Gasteiger partial charge in [-0.25, -0.2) is 4.98 Å². The first-order chi connectivity index (χ1) is 19.7. The second kappa shape index (κ2) is 11.5. The van der Waals surface area contributed by atoms with Gasteiger partial charge in [-0.2, -0.15) is 9.78 Å². The summed E-state index contributed by atoms with van der Waals surface area (Å²) in [6.45, 7) is 13.0. The van der Waals surface area contributed by atoms with Crippen molar-refractivity contribution in [3.05, 3.63) is 105 Å². The molecule has 7 nitrogen and oxygen atoms in total. The molecule has 0 unspecified atom stereocenters. The van der Waals surface area contributed by atoms with Crippen LogP contribution in [0.3, 0.4) is 0 Å². The Hall–Kier alpha value is -4.65. The fourth-order valence-electron chi connectivity index (χ4n) is 5.27. The molecule has 0 saturated heterocycles. The molecule has 210 valence electrons. The van der Waals surface area contributed by atoms with Crippen LogP contribution >= 0.6 is 0 Å². The van der Waals surface area contributed by atoms with Crippen LogP contribution < -0.4 is 15.0 Å². The third-order valence-corrected chi connectivity index (χ3v) is 7.38. The number of hydrogen-bond donors (Lipinski definition) is 0. The van der Waals surface area contributed by atoms with Crippen molar-refractivity contribution in [2.75, 3.05) is 13.7 Å². The first-order valence-corrected chi connectivity index (χ1v) is 13.9. The highest BCUT2D eigenvalue weighted by molar-refractivity contribution is 5.84. The molecule has 2 heterocycles. The topological polar surface area (TPSA) is 70.6 Å². The Balaban J connectivity index is 1.66. The van der Waals surface area contributed by atoms with Crippen molar-refractivity contribution in [3.8, 4) is 28.6 Å². The van der Waals surface area contributed by atoms with Gasteiger partial charge in [-0.1, -0.05) is 26.0 Å². The van der Waals surface area contributed by atoms with Gasteiger partial charge in [-0.15, -0.1) is 0 Å². The fourth-order valence-corrected chi connectivity index (χ4v) is 5.27. The molecule has 0 spiro atoms. The molecule has 0 amide bonds. The third kappa shape index (κ3) is 5.27. The van der Waals surface area contributed by atoms with Gasteiger partial charge in [0.05, 0.1) is 30.8 Å². The highest BCUT2D eigenvalue weighted by atomic mass is 16.5. The number of aryl methyl sites for hydroxylation is 2. The number of hydrogen-bond acceptors (Lipinski definition) is 5. The maximum absolute atomic E-state index is 13.8. The van der Waals surface area contributed by atoms with Gasteiger partial charge < -0.3 is 14.0 Å². The maximum atomic E-state index is 13.8. The second-order valence-corrected chi connectivity index (χ2v) is 10.5. The minimum atomic E-state index is -0.219. The molecule has 0 N–H and O–H groups in total. The molecule has 0 radical (unpaired) electrons. The number of ether oxygens (including phenoxy) is 2. The second-order valence-electron chi connectivity index (χ2n) is 10.5. The van der Waals surface area contributed by atoms with Crippen LogP contribution in [0.15, 0.2) is 76.6 Å². The van der Waals surface area contributed by atoms with Gasteiger partial charge in [-0.05, 0) is 99.3 Å². The van der Waals surface area contributed by atoms with Crippen molar-refractivity contribution in [1.29, 1.82) is 0 Å². The average molecular weight is 549 g/mol. The van der Waals surface area contributed by atoms with Gasteiger partial charge in [0.15, 0.2) is 5.82 Å². The molecular weight excluding hydrogens is 512 g/mol. The van der Waals surface area contributed by atoms with Crippen LogP contribution in [0.1, 0.15) is 54.8 Å². The van der Waals surface area contributed by atoms with E-state index in [4.69, 9.17) is 19.6 Å². The summed E-state index contributed by atoms with van der Waals surface area (Å²) < 4.78 is 14.9. The lowest BCUT2D eigenvalue weighted by atomic mass is 9.96. The fraction of sp³-hybridized carbons (Fsp3) is 0.265. The van der Waals surface area contributed by atoms with Gasteiger partial charge in [-0.3, -0.25) is 4.79 Å². The first-order valence-electron chi connectivity index (χ1n) is 13.9. The number of methoxy groups -OCH3 is 1. The summed E-state index contributed by atoms with van der Waals surface area (Å²) in [7, 11) is 1.68. The number of rotatable bonds is 8. The Morgan fingerprint density at radius 2 is 1.73 bits per heavy atom. The number of aromatic nitrogens is 3. The predicted octanol–water partition coefficient (Wildman–Crippen LogP) is 7.19. The average Bonchev–Trinajstić information content (AvgIpc) is 3.25. The Bertz CT molecular complexity index is 1810. The van der Waals surface area contributed by atoms with E-state index in [2.05, 4.69) is 44.4 Å². The van der Waals surface area contributed by atoms with Gasteiger partial charge in [0.2, 0.25) is 0 Å². The number of benzene rings is 3. The summed E-state index contributed by atoms with van der Waals surface area (Å²) in [5.41, 5.74) is 7.27. The lowest BCUT2D eigenvalue weighted by molar-refractivity contribution is 0.340. The highest BCUT2D eigenvalue weighted by Gasteiger charge is 2.19. The van der Waals surface area contributed by atoms with Crippen molar-refractivity contribution in [2.45, 2.75) is 47.5 Å². The molecule has 0 bridgehead atoms. The lowest BCUT2D eigenvalue weighted by Gasteiger charge is -2.17. The van der Waals surface area contributed by atoms with Crippen molar-refractivity contribution in [3.63, 3.8) is 0 Å². The molecule has 3 aromatic carbocycles. The SMILES string of the molecule is CCOc1ccc(-n2c(C)cc(C=Nn3c(-c4cc(C(C)C)c(OC)cc4C)nc4ccccc4c3=O)c2C)cc1. The zero-order chi connectivity index (χ0) is 29.3. The minimum absolute atomic E-state index is 0.219. The van der Waals surface area contributed by atoms with Gasteiger partial charge in [0.1, 0.15) is 11.5 Å². The summed E-state index contributed by atoms with van der Waals surface area (Å²) in [4.78, 5) is 18.8. The Kier molecular flexibility index (Phi) is 7.79. The number of fused-ring (bicyclic) bond motifs is 1. The van der Waals surface area contributed by atoms with Gasteiger partial charge in [0, 0.05) is 28.2 Å². The van der Waals surface area contributed by atoms with Gasteiger partial charge in [0.25, 0.3) is 5.56 Å². The monoisotopic (exact) mass is 548 g/mol. The van der Waals surface area contributed by atoms with Crippen LogP contribution in [-0.2, 0) is 0 Å². The first kappa shape index (κ1) is 27.9. The molecule has 5 aromatic rings. The normalized spacial score (nSPS) is 11.6. The zero-order valence-corrected chi connectivity index (χ0v) is 24.7. The Morgan fingerprint density at radius 1 is 1.00 bits per heavy atom. The summed E-state index contributed by atoms with van der Waals surface area (Å²) >= 11 is 0. The van der Waals surface area contributed by atoms with Crippen molar-refractivity contribution >= 4 is 17.1 Å². The van der Waals surface area contributed by atoms with Crippen molar-refractivity contribution in [1.82, 2.24) is 14.2 Å². The molecule has 0 saturated carbocycles. The summed E-state index contributed by atoms with van der Waals surface area (Å²) in [6, 6.07) is 21.6. The van der Waals surface area contributed by atoms with E-state index in [0.29, 0.717) is 23.3 Å². The van der Waals surface area contributed by atoms with E-state index in [1.54, 1.807) is 19.4 Å². The quantitative estimate of drug-likeness (QED) is 0.192. The minimum Gasteiger partial charge on any atom is -0.496 e. The Morgan fingerprint density at radius 3 is 2.41 bits per heavy atom. The van der Waals surface area contributed by atoms with E-state index >= 15 is 0 Å². The summed E-state index contributed by atoms with van der Waals surface area (Å²) in [5, 5.41) is 5.28. The molecule has 0 aliphatic carbocycles. The van der Waals surface area contributed by atoms with E-state index < -0.39 is 0 Å². The Labute approximate surface area is 240 Å². The lowest BCUT2D eigenvalue weighted by Crippen LogP contribution is -2.21. The van der Waals surface area contributed by atoms with E-state index in [9.17, 15) is 4.79 Å². The van der Waals surface area contributed by atoms with Crippen LogP contribution in [0.2, 0.25) is 0 Å². The van der Waals surface area contributed by atoms with Crippen LogP contribution in [-0.4, -0.2) is 34.2 Å². The smallest absolute Gasteiger partial charge is 0.282 e. The van der Waals surface area contributed by atoms with E-state index in [1.165, 1.54) is 4.68 Å². The van der Waals surface area contributed by atoms with Crippen molar-refractivity contribution in [2.24, 2.45) is 5.10 Å². The maximum Gasteiger partial charge on any atom is 0.282 e. The molecular formula is C34H36N4O3. The molecule has 0 aliphatic rings. The van der Waals surface area contributed by atoms with E-state index in [0.717, 1.165) is 50.8 Å². The molecule has 41 heavy (non-hydrogen) atoms. The standard InChI is InChI=1S/C34H36N4O3/c1-8-41-27-15-13-26(14-16-27)37-23(5)18-25(24(37)6)20-35-38-33(36-31-12-10-9-11-28(31)34(38)39)30-19-29(21(2)3)32(40-7)17-22(30)4/h9-21H,8H2,1-7H3. The number of nitrogens with zero attached hydrogens (tertiary/aromatic N) is 4. The van der Waals surface area contributed by atoms with Crippen molar-refractivity contribution < 1.29 is 9.47 Å². The van der Waals surface area contributed by atoms with Crippen LogP contribution in [0, 0.1) is 20.8 Å². The van der Waals surface area contributed by atoms with Crippen LogP contribution in [0.5, 0.6) is 11.5 Å². The van der Waals surface area contributed by atoms with E-state index in [-0.39, 0.29) is 11.5 Å². The largest absolute Gasteiger partial charge is 0.496 e. The van der Waals surface area contributed by atoms with E-state index in [1.807, 2.05) is 62.4 Å². The molecule has 0 fully saturated rings. The molecule has 5 rings (SSSR count). The summed E-state index contributed by atoms with van der Waals surface area (Å²) in [6.07, 6.45) is 1.75. The molecule has 7 heteroatoms. The molecule has 0 aliphatic heterocycles. The van der Waals surface area contributed by atoms with Crippen LogP contribution in [0.25, 0.3) is 28.0 Å². The highest BCUT2D eigenvalue weighted by Crippen LogP contribution is 2.34.